The van der Waals surface area contributed by atoms with Crippen molar-refractivity contribution in [3.63, 3.8) is 0 Å². The van der Waals surface area contributed by atoms with Gasteiger partial charge in [-0.15, -0.1) is 10.2 Å². The number of nitrogens with zero attached hydrogens (tertiary/aromatic N) is 3. The van der Waals surface area contributed by atoms with Crippen molar-refractivity contribution in [1.82, 2.24) is 14.8 Å². The summed E-state index contributed by atoms with van der Waals surface area (Å²) in [4.78, 5) is 12.7. The van der Waals surface area contributed by atoms with Crippen LogP contribution in [0, 0.1) is 6.92 Å². The zero-order chi connectivity index (χ0) is 15.6. The number of hydrogen-bond acceptors (Lipinski definition) is 5. The molecular weight excluding hydrogens is 284 g/mol. The molecule has 0 fully saturated rings. The monoisotopic (exact) mass is 306 g/mol. The number of aromatic nitrogens is 3. The summed E-state index contributed by atoms with van der Waals surface area (Å²) >= 11 is 1.42. The van der Waals surface area contributed by atoms with Crippen LogP contribution < -0.4 is 10.9 Å². The number of rotatable bonds is 5. The van der Waals surface area contributed by atoms with E-state index >= 15 is 0 Å². The minimum atomic E-state index is 0.0107. The van der Waals surface area contributed by atoms with Crippen molar-refractivity contribution < 1.29 is 0 Å². The summed E-state index contributed by atoms with van der Waals surface area (Å²) in [6.45, 7) is 10.2. The Bertz CT molecular complexity index is 675. The van der Waals surface area contributed by atoms with Gasteiger partial charge in [0, 0.05) is 17.8 Å². The fourth-order valence-electron chi connectivity index (χ4n) is 2.18. The molecule has 0 aliphatic rings. The summed E-state index contributed by atoms with van der Waals surface area (Å²) in [5.74, 6) is 0. The van der Waals surface area contributed by atoms with Gasteiger partial charge in [0.1, 0.15) is 0 Å². The van der Waals surface area contributed by atoms with Crippen molar-refractivity contribution in [3.8, 4) is 10.6 Å². The molecule has 0 saturated heterocycles. The van der Waals surface area contributed by atoms with Crippen molar-refractivity contribution in [2.45, 2.75) is 53.1 Å². The summed E-state index contributed by atoms with van der Waals surface area (Å²) in [5.41, 5.74) is 1.61. The molecule has 114 valence electrons. The minimum absolute atomic E-state index is 0.0107. The molecule has 0 amide bonds. The third-order valence-electron chi connectivity index (χ3n) is 3.42. The molecule has 2 aromatic rings. The largest absolute Gasteiger partial charge is 0.358 e. The Morgan fingerprint density at radius 3 is 2.62 bits per heavy atom. The second kappa shape index (κ2) is 6.39. The van der Waals surface area contributed by atoms with Crippen molar-refractivity contribution in [3.05, 3.63) is 28.2 Å². The average Bonchev–Trinajstić information content (AvgIpc) is 2.85. The fraction of sp³-hybridized carbons (Fsp3) is 0.533. The maximum absolute atomic E-state index is 12.7. The molecule has 21 heavy (non-hydrogen) atoms. The van der Waals surface area contributed by atoms with Crippen LogP contribution in [-0.2, 0) is 0 Å². The Balaban J connectivity index is 2.45. The van der Waals surface area contributed by atoms with Crippen LogP contribution in [0.15, 0.2) is 16.9 Å². The first-order valence-corrected chi connectivity index (χ1v) is 8.08. The van der Waals surface area contributed by atoms with Gasteiger partial charge in [-0.25, -0.2) is 0 Å². The van der Waals surface area contributed by atoms with E-state index in [2.05, 4.69) is 29.4 Å². The predicted octanol–water partition coefficient (Wildman–Crippen LogP) is 3.47. The molecule has 2 aromatic heterocycles. The van der Waals surface area contributed by atoms with Gasteiger partial charge in [-0.3, -0.25) is 4.79 Å². The van der Waals surface area contributed by atoms with Gasteiger partial charge in [-0.1, -0.05) is 18.3 Å². The van der Waals surface area contributed by atoms with Gasteiger partial charge >= 0.3 is 0 Å². The molecule has 1 unspecified atom stereocenters. The lowest BCUT2D eigenvalue weighted by atomic mass is 10.2. The molecule has 0 saturated carbocycles. The van der Waals surface area contributed by atoms with Gasteiger partial charge in [0.25, 0.3) is 5.56 Å². The molecule has 0 aliphatic heterocycles. The molecule has 0 spiro atoms. The molecular formula is C15H22N4OS. The van der Waals surface area contributed by atoms with Gasteiger partial charge in [-0.05, 0) is 46.2 Å². The highest BCUT2D eigenvalue weighted by atomic mass is 32.1. The summed E-state index contributed by atoms with van der Waals surface area (Å²) in [7, 11) is 0. The topological polar surface area (TPSA) is 59.8 Å². The molecule has 0 radical (unpaired) electrons. The van der Waals surface area contributed by atoms with Crippen LogP contribution in [0.3, 0.4) is 0 Å². The highest BCUT2D eigenvalue weighted by Gasteiger charge is 2.15. The fourth-order valence-corrected chi connectivity index (χ4v) is 3.08. The van der Waals surface area contributed by atoms with E-state index in [4.69, 9.17) is 0 Å². The molecule has 2 rings (SSSR count). The van der Waals surface area contributed by atoms with Gasteiger partial charge in [0.2, 0.25) is 5.13 Å². The Morgan fingerprint density at radius 1 is 1.29 bits per heavy atom. The second-order valence-corrected chi connectivity index (χ2v) is 6.51. The van der Waals surface area contributed by atoms with Crippen LogP contribution in [0.25, 0.3) is 10.6 Å². The van der Waals surface area contributed by atoms with Crippen LogP contribution in [-0.4, -0.2) is 20.8 Å². The first-order chi connectivity index (χ1) is 9.93. The molecule has 6 heteroatoms. The smallest absolute Gasteiger partial charge is 0.261 e. The van der Waals surface area contributed by atoms with E-state index in [1.807, 2.05) is 37.5 Å². The molecule has 0 aliphatic carbocycles. The molecule has 2 heterocycles. The van der Waals surface area contributed by atoms with Gasteiger partial charge < -0.3 is 9.88 Å². The molecule has 1 atom stereocenters. The Hall–Kier alpha value is -1.69. The Kier molecular flexibility index (Phi) is 4.77. The van der Waals surface area contributed by atoms with Crippen molar-refractivity contribution >= 4 is 16.5 Å². The van der Waals surface area contributed by atoms with E-state index in [9.17, 15) is 4.79 Å². The van der Waals surface area contributed by atoms with E-state index in [0.717, 1.165) is 17.2 Å². The number of hydrogen-bond donors (Lipinski definition) is 1. The zero-order valence-corrected chi connectivity index (χ0v) is 14.0. The van der Waals surface area contributed by atoms with Crippen LogP contribution in [0.2, 0.25) is 0 Å². The standard InChI is InChI=1S/C15H22N4OS/c1-6-10(4)19-11(5)7-8-12(14(19)20)13-17-18-15(21-13)16-9(2)3/h7-10H,6H2,1-5H3,(H,16,18). The quantitative estimate of drug-likeness (QED) is 0.919. The van der Waals surface area contributed by atoms with Crippen molar-refractivity contribution in [2.24, 2.45) is 0 Å². The predicted molar refractivity (Wildman–Crippen MR) is 88.1 cm³/mol. The first kappa shape index (κ1) is 15.7. The number of aryl methyl sites for hydroxylation is 1. The van der Waals surface area contributed by atoms with Crippen molar-refractivity contribution in [1.29, 1.82) is 0 Å². The Morgan fingerprint density at radius 2 is 2.00 bits per heavy atom. The zero-order valence-electron chi connectivity index (χ0n) is 13.2. The van der Waals surface area contributed by atoms with Gasteiger partial charge in [0.15, 0.2) is 5.01 Å². The molecule has 5 nitrogen and oxygen atoms in total. The van der Waals surface area contributed by atoms with E-state index in [-0.39, 0.29) is 11.6 Å². The molecule has 1 N–H and O–H groups in total. The minimum Gasteiger partial charge on any atom is -0.358 e. The van der Waals surface area contributed by atoms with Crippen LogP contribution in [0.4, 0.5) is 5.13 Å². The number of anilines is 1. The van der Waals surface area contributed by atoms with Gasteiger partial charge in [0.05, 0.1) is 5.56 Å². The van der Waals surface area contributed by atoms with E-state index in [0.29, 0.717) is 16.6 Å². The van der Waals surface area contributed by atoms with E-state index < -0.39 is 0 Å². The normalized spacial score (nSPS) is 12.7. The van der Waals surface area contributed by atoms with Crippen LogP contribution >= 0.6 is 11.3 Å². The Labute approximate surface area is 129 Å². The van der Waals surface area contributed by atoms with Gasteiger partial charge in [-0.2, -0.15) is 0 Å². The van der Waals surface area contributed by atoms with Crippen LogP contribution in [0.1, 0.15) is 45.9 Å². The summed E-state index contributed by atoms with van der Waals surface area (Å²) in [5, 5.41) is 12.9. The van der Waals surface area contributed by atoms with Crippen LogP contribution in [0.5, 0.6) is 0 Å². The highest BCUT2D eigenvalue weighted by Crippen LogP contribution is 2.25. The average molecular weight is 306 g/mol. The first-order valence-electron chi connectivity index (χ1n) is 7.26. The molecule has 0 bridgehead atoms. The maximum atomic E-state index is 12.7. The lowest BCUT2D eigenvalue weighted by molar-refractivity contribution is 0.503. The lowest BCUT2D eigenvalue weighted by Crippen LogP contribution is -2.26. The lowest BCUT2D eigenvalue weighted by Gasteiger charge is -2.17. The van der Waals surface area contributed by atoms with E-state index in [1.54, 1.807) is 0 Å². The SMILES string of the molecule is CCC(C)n1c(C)ccc(-c2nnc(NC(C)C)s2)c1=O. The summed E-state index contributed by atoms with van der Waals surface area (Å²) in [6, 6.07) is 4.29. The van der Waals surface area contributed by atoms with E-state index in [1.165, 1.54) is 11.3 Å². The summed E-state index contributed by atoms with van der Waals surface area (Å²) in [6.07, 6.45) is 0.917. The molecule has 0 aromatic carbocycles. The maximum Gasteiger partial charge on any atom is 0.261 e. The summed E-state index contributed by atoms with van der Waals surface area (Å²) < 4.78 is 1.84. The van der Waals surface area contributed by atoms with Crippen molar-refractivity contribution in [2.75, 3.05) is 5.32 Å². The number of pyridine rings is 1. The second-order valence-electron chi connectivity index (χ2n) is 5.53. The number of nitrogens with one attached hydrogen (secondary N) is 1. The third-order valence-corrected chi connectivity index (χ3v) is 4.31. The third kappa shape index (κ3) is 3.32. The highest BCUT2D eigenvalue weighted by molar-refractivity contribution is 7.18.